The van der Waals surface area contributed by atoms with Gasteiger partial charge in [-0.2, -0.15) is 0 Å². The van der Waals surface area contributed by atoms with Crippen molar-refractivity contribution in [2.75, 3.05) is 13.2 Å². The molecule has 1 aromatic rings. The topological polar surface area (TPSA) is 49.9 Å². The molecule has 2 saturated heterocycles. The zero-order valence-corrected chi connectivity index (χ0v) is 12.4. The average molecular weight is 288 g/mol. The highest BCUT2D eigenvalue weighted by Crippen LogP contribution is 2.28. The van der Waals surface area contributed by atoms with Gasteiger partial charge < -0.3 is 9.64 Å². The molecule has 0 radical (unpaired) electrons. The van der Waals surface area contributed by atoms with E-state index in [0.29, 0.717) is 19.7 Å². The van der Waals surface area contributed by atoms with Gasteiger partial charge in [0.2, 0.25) is 5.91 Å². The number of rotatable bonds is 3. The molecule has 0 N–H and O–H groups in total. The van der Waals surface area contributed by atoms with Crippen LogP contribution in [0.25, 0.3) is 0 Å². The Morgan fingerprint density at radius 1 is 1.24 bits per heavy atom. The third-order valence-corrected chi connectivity index (χ3v) is 4.15. The predicted molar refractivity (Wildman–Crippen MR) is 77.5 cm³/mol. The summed E-state index contributed by atoms with van der Waals surface area (Å²) in [6.45, 7) is 5.44. The molecule has 2 fully saturated rings. The van der Waals surface area contributed by atoms with Gasteiger partial charge in [-0.3, -0.25) is 9.69 Å². The Labute approximate surface area is 124 Å². The number of amides is 2. The number of cyclic esters (lactones) is 1. The molecule has 0 unspecified atom stereocenters. The molecular formula is C16H20N2O3. The van der Waals surface area contributed by atoms with Gasteiger partial charge in [0.25, 0.3) is 0 Å². The van der Waals surface area contributed by atoms with Crippen LogP contribution in [-0.2, 0) is 16.1 Å². The van der Waals surface area contributed by atoms with E-state index in [-0.39, 0.29) is 24.0 Å². The number of carbonyl (C=O) groups excluding carboxylic acids is 2. The van der Waals surface area contributed by atoms with E-state index in [4.69, 9.17) is 4.74 Å². The molecule has 0 saturated carbocycles. The monoisotopic (exact) mass is 288 g/mol. The van der Waals surface area contributed by atoms with Gasteiger partial charge in [0.15, 0.2) is 0 Å². The van der Waals surface area contributed by atoms with Gasteiger partial charge in [-0.25, -0.2) is 4.79 Å². The molecule has 112 valence electrons. The van der Waals surface area contributed by atoms with Gasteiger partial charge in [0.05, 0.1) is 6.04 Å². The normalized spacial score (nSPS) is 25.3. The van der Waals surface area contributed by atoms with Crippen LogP contribution >= 0.6 is 0 Å². The average Bonchev–Trinajstić information content (AvgIpc) is 2.82. The Morgan fingerprint density at radius 2 is 1.95 bits per heavy atom. The van der Waals surface area contributed by atoms with E-state index in [9.17, 15) is 9.59 Å². The maximum atomic E-state index is 12.7. The van der Waals surface area contributed by atoms with Crippen molar-refractivity contribution in [3.05, 3.63) is 35.9 Å². The van der Waals surface area contributed by atoms with E-state index in [1.807, 2.05) is 49.1 Å². The summed E-state index contributed by atoms with van der Waals surface area (Å²) >= 11 is 0. The Hall–Kier alpha value is -2.04. The highest BCUT2D eigenvalue weighted by molar-refractivity contribution is 5.88. The van der Waals surface area contributed by atoms with E-state index in [2.05, 4.69) is 0 Å². The smallest absolute Gasteiger partial charge is 0.410 e. The predicted octanol–water partition coefficient (Wildman–Crippen LogP) is 1.87. The molecular weight excluding hydrogens is 268 g/mol. The summed E-state index contributed by atoms with van der Waals surface area (Å²) in [6, 6.07) is 9.49. The second kappa shape index (κ2) is 5.39. The van der Waals surface area contributed by atoms with E-state index < -0.39 is 6.04 Å². The highest BCUT2D eigenvalue weighted by atomic mass is 16.6. The summed E-state index contributed by atoms with van der Waals surface area (Å²) in [6.07, 6.45) is -0.355. The molecule has 2 heterocycles. The molecule has 0 aromatic heterocycles. The summed E-state index contributed by atoms with van der Waals surface area (Å²) in [5, 5.41) is 0. The van der Waals surface area contributed by atoms with Gasteiger partial charge >= 0.3 is 6.09 Å². The zero-order valence-electron chi connectivity index (χ0n) is 12.4. The number of hydrogen-bond acceptors (Lipinski definition) is 3. The Kier molecular flexibility index (Phi) is 3.57. The lowest BCUT2D eigenvalue weighted by Gasteiger charge is -2.42. The number of carbonyl (C=O) groups is 2. The van der Waals surface area contributed by atoms with Crippen molar-refractivity contribution in [2.24, 2.45) is 5.92 Å². The van der Waals surface area contributed by atoms with Crippen LogP contribution in [0.15, 0.2) is 30.3 Å². The van der Waals surface area contributed by atoms with Gasteiger partial charge in [0.1, 0.15) is 12.6 Å². The molecule has 0 spiro atoms. The zero-order chi connectivity index (χ0) is 15.0. The first-order valence-electron chi connectivity index (χ1n) is 7.35. The number of fused-ring (bicyclic) bond motifs is 1. The van der Waals surface area contributed by atoms with Crippen molar-refractivity contribution < 1.29 is 14.3 Å². The van der Waals surface area contributed by atoms with Gasteiger partial charge in [-0.1, -0.05) is 44.2 Å². The Balaban J connectivity index is 1.83. The van der Waals surface area contributed by atoms with Crippen molar-refractivity contribution in [2.45, 2.75) is 32.5 Å². The molecule has 5 nitrogen and oxygen atoms in total. The molecule has 2 amide bonds. The lowest BCUT2D eigenvalue weighted by molar-refractivity contribution is -0.144. The van der Waals surface area contributed by atoms with Gasteiger partial charge in [-0.15, -0.1) is 0 Å². The first-order valence-corrected chi connectivity index (χ1v) is 7.35. The lowest BCUT2D eigenvalue weighted by atomic mass is 9.96. The fraction of sp³-hybridized carbons (Fsp3) is 0.500. The van der Waals surface area contributed by atoms with Crippen LogP contribution in [0.2, 0.25) is 0 Å². The minimum atomic E-state index is -0.414. The van der Waals surface area contributed by atoms with E-state index in [1.54, 1.807) is 4.90 Å². The second-order valence-electron chi connectivity index (χ2n) is 6.03. The summed E-state index contributed by atoms with van der Waals surface area (Å²) in [5.74, 6) is 0.0909. The lowest BCUT2D eigenvalue weighted by Crippen LogP contribution is -2.62. The summed E-state index contributed by atoms with van der Waals surface area (Å²) < 4.78 is 5.14. The van der Waals surface area contributed by atoms with Gasteiger partial charge in [0, 0.05) is 13.1 Å². The number of piperazine rings is 1. The fourth-order valence-corrected chi connectivity index (χ4v) is 3.16. The second-order valence-corrected chi connectivity index (χ2v) is 6.03. The molecule has 2 aliphatic rings. The van der Waals surface area contributed by atoms with Crippen LogP contribution in [-0.4, -0.2) is 47.0 Å². The standard InChI is InChI=1S/C16H20N2O3/c1-11(2)14-15(19)17(8-12-6-4-3-5-7-12)9-13-10-21-16(20)18(13)14/h3-7,11,13-14H,8-10H2,1-2H3/t13-,14+/m1/s1. The maximum absolute atomic E-state index is 12.7. The van der Waals surface area contributed by atoms with E-state index >= 15 is 0 Å². The van der Waals surface area contributed by atoms with Crippen LogP contribution in [0.3, 0.4) is 0 Å². The molecule has 5 heteroatoms. The van der Waals surface area contributed by atoms with Crippen LogP contribution < -0.4 is 0 Å². The summed E-state index contributed by atoms with van der Waals surface area (Å²) in [5.41, 5.74) is 1.10. The summed E-state index contributed by atoms with van der Waals surface area (Å²) in [7, 11) is 0. The van der Waals surface area contributed by atoms with Crippen molar-refractivity contribution >= 4 is 12.0 Å². The third-order valence-electron chi connectivity index (χ3n) is 4.15. The maximum Gasteiger partial charge on any atom is 0.410 e. The Bertz CT molecular complexity index is 544. The van der Waals surface area contributed by atoms with Gasteiger partial charge in [-0.05, 0) is 11.5 Å². The highest BCUT2D eigenvalue weighted by Gasteiger charge is 2.48. The number of nitrogens with zero attached hydrogens (tertiary/aromatic N) is 2. The van der Waals surface area contributed by atoms with Crippen LogP contribution in [0.4, 0.5) is 4.79 Å². The molecule has 2 aliphatic heterocycles. The SMILES string of the molecule is CC(C)[C@H]1C(=O)N(Cc2ccccc2)C[C@@H]2COC(=O)N21. The molecule has 21 heavy (non-hydrogen) atoms. The minimum absolute atomic E-state index is 0.0175. The van der Waals surface area contributed by atoms with E-state index in [0.717, 1.165) is 5.56 Å². The Morgan fingerprint density at radius 3 is 2.62 bits per heavy atom. The molecule has 0 bridgehead atoms. The fourth-order valence-electron chi connectivity index (χ4n) is 3.16. The van der Waals surface area contributed by atoms with Crippen molar-refractivity contribution in [1.82, 2.24) is 9.80 Å². The van der Waals surface area contributed by atoms with Crippen LogP contribution in [0.1, 0.15) is 19.4 Å². The molecule has 2 atom stereocenters. The number of benzene rings is 1. The van der Waals surface area contributed by atoms with Crippen LogP contribution in [0, 0.1) is 5.92 Å². The minimum Gasteiger partial charge on any atom is -0.447 e. The number of ether oxygens (including phenoxy) is 1. The largest absolute Gasteiger partial charge is 0.447 e. The number of hydrogen-bond donors (Lipinski definition) is 0. The third kappa shape index (κ3) is 2.48. The molecule has 1 aromatic carbocycles. The van der Waals surface area contributed by atoms with Crippen molar-refractivity contribution in [1.29, 1.82) is 0 Å². The molecule has 0 aliphatic carbocycles. The summed E-state index contributed by atoms with van der Waals surface area (Å²) in [4.78, 5) is 28.1. The van der Waals surface area contributed by atoms with E-state index in [1.165, 1.54) is 0 Å². The first-order chi connectivity index (χ1) is 10.1. The molecule has 3 rings (SSSR count). The quantitative estimate of drug-likeness (QED) is 0.853. The first kappa shape index (κ1) is 13.9. The van der Waals surface area contributed by atoms with Crippen molar-refractivity contribution in [3.8, 4) is 0 Å². The van der Waals surface area contributed by atoms with Crippen LogP contribution in [0.5, 0.6) is 0 Å². The van der Waals surface area contributed by atoms with Crippen molar-refractivity contribution in [3.63, 3.8) is 0 Å².